The van der Waals surface area contributed by atoms with Gasteiger partial charge in [0.15, 0.2) is 0 Å². The minimum Gasteiger partial charge on any atom is -0.376 e. The Balaban J connectivity index is 1.55. The van der Waals surface area contributed by atoms with E-state index in [1.54, 1.807) is 0 Å². The van der Waals surface area contributed by atoms with Crippen LogP contribution in [0.2, 0.25) is 0 Å². The molecule has 3 nitrogen and oxygen atoms in total. The maximum Gasteiger partial charge on any atom is 0.0578 e. The van der Waals surface area contributed by atoms with E-state index in [0.717, 1.165) is 12.0 Å². The Morgan fingerprint density at radius 2 is 1.59 bits per heavy atom. The maximum atomic E-state index is 5.96. The molecule has 1 aliphatic heterocycles. The summed E-state index contributed by atoms with van der Waals surface area (Å²) in [6.07, 6.45) is 10.5. The summed E-state index contributed by atoms with van der Waals surface area (Å²) in [5.74, 6) is 0.965. The fourth-order valence-electron chi connectivity index (χ4n) is 4.09. The molecule has 22 heavy (non-hydrogen) atoms. The van der Waals surface area contributed by atoms with E-state index in [-0.39, 0.29) is 0 Å². The predicted octanol–water partition coefficient (Wildman–Crippen LogP) is 3.78. The highest BCUT2D eigenvalue weighted by atomic mass is 16.5. The molecule has 3 heteroatoms. The first-order valence-electron chi connectivity index (χ1n) is 9.62. The second-order valence-corrected chi connectivity index (χ2v) is 7.95. The zero-order valence-corrected chi connectivity index (χ0v) is 15.4. The van der Waals surface area contributed by atoms with Crippen molar-refractivity contribution in [1.82, 2.24) is 9.80 Å². The average molecular weight is 311 g/mol. The Morgan fingerprint density at radius 1 is 0.955 bits per heavy atom. The summed E-state index contributed by atoms with van der Waals surface area (Å²) in [6.45, 7) is 11.7. The molecule has 1 aliphatic carbocycles. The highest BCUT2D eigenvalue weighted by Crippen LogP contribution is 2.30. The van der Waals surface area contributed by atoms with E-state index in [4.69, 9.17) is 4.74 Å². The summed E-state index contributed by atoms with van der Waals surface area (Å²) in [5, 5.41) is 0. The fourth-order valence-corrected chi connectivity index (χ4v) is 4.09. The van der Waals surface area contributed by atoms with Gasteiger partial charge in [-0.1, -0.05) is 12.8 Å². The van der Waals surface area contributed by atoms with Crippen molar-refractivity contribution in [3.63, 3.8) is 0 Å². The number of piperazine rings is 1. The maximum absolute atomic E-state index is 5.96. The second-order valence-electron chi connectivity index (χ2n) is 7.95. The van der Waals surface area contributed by atoms with Crippen LogP contribution in [0.5, 0.6) is 0 Å². The van der Waals surface area contributed by atoms with Gasteiger partial charge in [0.05, 0.1) is 12.2 Å². The lowest BCUT2D eigenvalue weighted by molar-refractivity contribution is -0.0204. The summed E-state index contributed by atoms with van der Waals surface area (Å²) >= 11 is 0. The Kier molecular flexibility index (Phi) is 7.66. The molecule has 0 amide bonds. The molecule has 0 radical (unpaired) electrons. The van der Waals surface area contributed by atoms with Crippen LogP contribution in [0.1, 0.15) is 65.7 Å². The lowest BCUT2D eigenvalue weighted by Gasteiger charge is -2.36. The summed E-state index contributed by atoms with van der Waals surface area (Å²) in [7, 11) is 2.24. The number of likely N-dealkylation sites (N-methyl/N-ethyl adjacent to an activating group) is 1. The van der Waals surface area contributed by atoms with E-state index in [9.17, 15) is 0 Å². The van der Waals surface area contributed by atoms with Gasteiger partial charge < -0.3 is 9.64 Å². The van der Waals surface area contributed by atoms with Crippen molar-refractivity contribution in [2.45, 2.75) is 84.0 Å². The van der Waals surface area contributed by atoms with Crippen LogP contribution in [0, 0.1) is 5.92 Å². The largest absolute Gasteiger partial charge is 0.376 e. The van der Waals surface area contributed by atoms with Crippen molar-refractivity contribution in [3.8, 4) is 0 Å². The van der Waals surface area contributed by atoms with Gasteiger partial charge in [-0.2, -0.15) is 0 Å². The number of ether oxygens (including phenoxy) is 1. The van der Waals surface area contributed by atoms with E-state index < -0.39 is 0 Å². The van der Waals surface area contributed by atoms with Crippen molar-refractivity contribution in [2.75, 3.05) is 33.2 Å². The monoisotopic (exact) mass is 310 g/mol. The Morgan fingerprint density at radius 3 is 2.18 bits per heavy atom. The lowest BCUT2D eigenvalue weighted by Crippen LogP contribution is -2.48. The third-order valence-electron chi connectivity index (χ3n) is 5.65. The van der Waals surface area contributed by atoms with Crippen molar-refractivity contribution >= 4 is 0 Å². The molecule has 130 valence electrons. The van der Waals surface area contributed by atoms with Crippen LogP contribution in [0.3, 0.4) is 0 Å². The van der Waals surface area contributed by atoms with Gasteiger partial charge in [0.2, 0.25) is 0 Å². The van der Waals surface area contributed by atoms with Gasteiger partial charge in [0, 0.05) is 32.2 Å². The molecule has 0 aromatic carbocycles. The van der Waals surface area contributed by atoms with Crippen molar-refractivity contribution in [1.29, 1.82) is 0 Å². The van der Waals surface area contributed by atoms with Crippen LogP contribution < -0.4 is 0 Å². The lowest BCUT2D eigenvalue weighted by atomic mass is 9.84. The van der Waals surface area contributed by atoms with Crippen LogP contribution in [0.4, 0.5) is 0 Å². The van der Waals surface area contributed by atoms with E-state index >= 15 is 0 Å². The van der Waals surface area contributed by atoms with Crippen LogP contribution in [-0.2, 0) is 4.74 Å². The van der Waals surface area contributed by atoms with Gasteiger partial charge in [-0.25, -0.2) is 0 Å². The SMILES string of the molecule is CC(C)OC1CCC(CCCC(C)N2CCN(C)CC2)CC1. The highest BCUT2D eigenvalue weighted by Gasteiger charge is 2.23. The Bertz CT molecular complexity index is 292. The minimum absolute atomic E-state index is 0.394. The van der Waals surface area contributed by atoms with E-state index in [0.29, 0.717) is 12.2 Å². The predicted molar refractivity (Wildman–Crippen MR) is 94.4 cm³/mol. The Labute approximate surface area is 138 Å². The smallest absolute Gasteiger partial charge is 0.0578 e. The van der Waals surface area contributed by atoms with Crippen molar-refractivity contribution in [2.24, 2.45) is 5.92 Å². The summed E-state index contributed by atoms with van der Waals surface area (Å²) in [4.78, 5) is 5.13. The zero-order chi connectivity index (χ0) is 15.9. The molecule has 2 aliphatic rings. The average Bonchev–Trinajstić information content (AvgIpc) is 2.49. The fraction of sp³-hybridized carbons (Fsp3) is 1.00. The quantitative estimate of drug-likeness (QED) is 0.712. The Hall–Kier alpha value is -0.120. The summed E-state index contributed by atoms with van der Waals surface area (Å²) < 4.78 is 5.96. The minimum atomic E-state index is 0.394. The van der Waals surface area contributed by atoms with Gasteiger partial charge in [-0.15, -0.1) is 0 Å². The molecule has 0 bridgehead atoms. The first-order chi connectivity index (χ1) is 10.5. The van der Waals surface area contributed by atoms with Gasteiger partial charge >= 0.3 is 0 Å². The van der Waals surface area contributed by atoms with Crippen LogP contribution >= 0.6 is 0 Å². The normalized spacial score (nSPS) is 29.9. The molecule has 1 unspecified atom stereocenters. The van der Waals surface area contributed by atoms with Crippen LogP contribution in [-0.4, -0.2) is 61.3 Å². The molecule has 0 spiro atoms. The van der Waals surface area contributed by atoms with Crippen molar-refractivity contribution in [3.05, 3.63) is 0 Å². The molecule has 1 saturated heterocycles. The third kappa shape index (κ3) is 6.17. The van der Waals surface area contributed by atoms with E-state index in [1.807, 2.05) is 0 Å². The number of hydrogen-bond donors (Lipinski definition) is 0. The second kappa shape index (κ2) is 9.24. The summed E-state index contributed by atoms with van der Waals surface area (Å²) in [6, 6.07) is 0.773. The molecule has 0 N–H and O–H groups in total. The molecule has 1 heterocycles. The number of rotatable bonds is 7. The standard InChI is InChI=1S/C19H38N2O/c1-16(2)22-19-10-8-18(9-11-19)7-5-6-17(3)21-14-12-20(4)13-15-21/h16-19H,5-15H2,1-4H3. The molecule has 1 atom stereocenters. The first kappa shape index (κ1) is 18.2. The van der Waals surface area contributed by atoms with E-state index in [1.165, 1.54) is 71.1 Å². The number of hydrogen-bond acceptors (Lipinski definition) is 3. The number of nitrogens with zero attached hydrogens (tertiary/aromatic N) is 2. The van der Waals surface area contributed by atoms with Gasteiger partial charge in [0.1, 0.15) is 0 Å². The van der Waals surface area contributed by atoms with Crippen molar-refractivity contribution < 1.29 is 4.74 Å². The van der Waals surface area contributed by atoms with Crippen LogP contribution in [0.25, 0.3) is 0 Å². The van der Waals surface area contributed by atoms with Gasteiger partial charge in [-0.05, 0) is 65.8 Å². The third-order valence-corrected chi connectivity index (χ3v) is 5.65. The van der Waals surface area contributed by atoms with Gasteiger partial charge in [0.25, 0.3) is 0 Å². The molecule has 2 rings (SSSR count). The van der Waals surface area contributed by atoms with E-state index in [2.05, 4.69) is 37.6 Å². The highest BCUT2D eigenvalue weighted by molar-refractivity contribution is 4.77. The topological polar surface area (TPSA) is 15.7 Å². The first-order valence-corrected chi connectivity index (χ1v) is 9.62. The molecule has 2 fully saturated rings. The van der Waals surface area contributed by atoms with Crippen LogP contribution in [0.15, 0.2) is 0 Å². The van der Waals surface area contributed by atoms with Gasteiger partial charge in [-0.3, -0.25) is 4.90 Å². The zero-order valence-electron chi connectivity index (χ0n) is 15.4. The molecule has 0 aromatic rings. The summed E-state index contributed by atoms with van der Waals surface area (Å²) in [5.41, 5.74) is 0. The molecule has 1 saturated carbocycles. The molecular weight excluding hydrogens is 272 g/mol. The molecular formula is C19H38N2O. The molecule has 0 aromatic heterocycles.